The Morgan fingerprint density at radius 2 is 0.868 bits per heavy atom. The van der Waals surface area contributed by atoms with Gasteiger partial charge in [0.25, 0.3) is 0 Å². The second-order valence-corrected chi connectivity index (χ2v) is 9.41. The van der Waals surface area contributed by atoms with Crippen LogP contribution in [0.2, 0.25) is 0 Å². The lowest BCUT2D eigenvalue weighted by Crippen LogP contribution is -2.22. The molecule has 0 N–H and O–H groups in total. The molecule has 4 aromatic rings. The number of carbonyl (C=O) groups is 4. The van der Waals surface area contributed by atoms with Gasteiger partial charge >= 0.3 is 0 Å². The maximum Gasteiger partial charge on any atom is 0.173 e. The van der Waals surface area contributed by atoms with Crippen LogP contribution in [0.1, 0.15) is 41.0 Å². The van der Waals surface area contributed by atoms with Gasteiger partial charge in [0.15, 0.2) is 11.6 Å². The highest BCUT2D eigenvalue weighted by Crippen LogP contribution is 2.21. The first-order valence-electron chi connectivity index (χ1n) is 12.2. The van der Waals surface area contributed by atoms with E-state index in [0.29, 0.717) is 10.9 Å². The van der Waals surface area contributed by atoms with E-state index in [-0.39, 0.29) is 29.6 Å². The summed E-state index contributed by atoms with van der Waals surface area (Å²) in [6.07, 6.45) is -0.0602. The van der Waals surface area contributed by atoms with Gasteiger partial charge in [0.05, 0.1) is 11.2 Å². The molecule has 192 valence electrons. The molecule has 5 heteroatoms. The minimum atomic E-state index is -0.832. The van der Waals surface area contributed by atoms with Gasteiger partial charge in [-0.3, -0.25) is 19.2 Å². The van der Waals surface area contributed by atoms with Gasteiger partial charge in [-0.15, -0.1) is 0 Å². The number of Topliss-reactive ketones (excluding diaryl/α,β-unsaturated/α-hetero) is 4. The molecular weight excluding hydrogens is 540 g/mol. The second kappa shape index (κ2) is 14.1. The molecule has 0 saturated carbocycles. The van der Waals surface area contributed by atoms with Crippen LogP contribution in [0.5, 0.6) is 0 Å². The summed E-state index contributed by atoms with van der Waals surface area (Å²) in [5, 5.41) is 0.373. The third kappa shape index (κ3) is 8.02. The summed E-state index contributed by atoms with van der Waals surface area (Å²) in [4.78, 5) is 46.5. The summed E-state index contributed by atoms with van der Waals surface area (Å²) >= 11 is 3.17. The SMILES string of the molecule is CC(=O)C(CC(=O)c1ccc(-c2ccccc2)cc1)C(C)=O.O=C(CBr)c1ccc(-c2ccccc2)cc1. The molecule has 0 spiro atoms. The first kappa shape index (κ1) is 28.6. The van der Waals surface area contributed by atoms with Gasteiger partial charge in [0.1, 0.15) is 11.6 Å². The summed E-state index contributed by atoms with van der Waals surface area (Å²) < 4.78 is 0. The Kier molecular flexibility index (Phi) is 10.6. The van der Waals surface area contributed by atoms with Crippen molar-refractivity contribution in [1.29, 1.82) is 0 Å². The van der Waals surface area contributed by atoms with Gasteiger partial charge in [-0.05, 0) is 36.1 Å². The van der Waals surface area contributed by atoms with Gasteiger partial charge in [-0.1, -0.05) is 125 Å². The Bertz CT molecular complexity index is 1360. The molecule has 4 nitrogen and oxygen atoms in total. The third-order valence-electron chi connectivity index (χ3n) is 6.12. The summed E-state index contributed by atoms with van der Waals surface area (Å²) in [7, 11) is 0. The minimum absolute atomic E-state index is 0.0602. The fourth-order valence-corrected chi connectivity index (χ4v) is 4.24. The van der Waals surface area contributed by atoms with E-state index in [9.17, 15) is 19.2 Å². The highest BCUT2D eigenvalue weighted by atomic mass is 79.9. The van der Waals surface area contributed by atoms with Crippen molar-refractivity contribution in [1.82, 2.24) is 0 Å². The van der Waals surface area contributed by atoms with Crippen molar-refractivity contribution in [3.8, 4) is 22.3 Å². The Balaban J connectivity index is 0.000000221. The van der Waals surface area contributed by atoms with Crippen LogP contribution in [0.4, 0.5) is 0 Å². The molecule has 38 heavy (non-hydrogen) atoms. The van der Waals surface area contributed by atoms with Crippen LogP contribution in [0.3, 0.4) is 0 Å². The first-order chi connectivity index (χ1) is 18.3. The lowest BCUT2D eigenvalue weighted by molar-refractivity contribution is -0.130. The van der Waals surface area contributed by atoms with E-state index >= 15 is 0 Å². The second-order valence-electron chi connectivity index (χ2n) is 8.84. The molecule has 0 unspecified atom stereocenters. The first-order valence-corrected chi connectivity index (χ1v) is 13.4. The molecule has 0 amide bonds. The average molecular weight is 569 g/mol. The number of ketones is 4. The predicted octanol–water partition coefficient (Wildman–Crippen LogP) is 7.65. The topological polar surface area (TPSA) is 68.3 Å². The van der Waals surface area contributed by atoms with E-state index < -0.39 is 5.92 Å². The summed E-state index contributed by atoms with van der Waals surface area (Å²) in [6, 6.07) is 34.9. The number of hydrogen-bond donors (Lipinski definition) is 0. The molecule has 0 fully saturated rings. The highest BCUT2D eigenvalue weighted by molar-refractivity contribution is 9.09. The molecule has 0 aliphatic heterocycles. The van der Waals surface area contributed by atoms with Crippen molar-refractivity contribution >= 4 is 39.1 Å². The molecule has 0 saturated heterocycles. The summed E-state index contributed by atoms with van der Waals surface area (Å²) in [5.74, 6) is -1.43. The summed E-state index contributed by atoms with van der Waals surface area (Å²) in [5.41, 5.74) is 5.66. The molecule has 0 aliphatic rings. The Hall–Kier alpha value is -3.96. The van der Waals surface area contributed by atoms with E-state index in [4.69, 9.17) is 0 Å². The zero-order valence-corrected chi connectivity index (χ0v) is 23.0. The van der Waals surface area contributed by atoms with Crippen LogP contribution in [0.15, 0.2) is 109 Å². The normalized spacial score (nSPS) is 10.3. The third-order valence-corrected chi connectivity index (χ3v) is 6.63. The number of benzene rings is 4. The van der Waals surface area contributed by atoms with Gasteiger partial charge in [0, 0.05) is 17.5 Å². The van der Waals surface area contributed by atoms with Crippen LogP contribution in [0, 0.1) is 5.92 Å². The molecule has 0 aliphatic carbocycles. The molecule has 0 heterocycles. The molecule has 0 bridgehead atoms. The number of halogens is 1. The van der Waals surface area contributed by atoms with E-state index in [1.54, 1.807) is 12.1 Å². The van der Waals surface area contributed by atoms with E-state index in [1.807, 2.05) is 84.9 Å². The lowest BCUT2D eigenvalue weighted by Gasteiger charge is -2.09. The van der Waals surface area contributed by atoms with Crippen LogP contribution >= 0.6 is 15.9 Å². The molecular formula is C33H29BrO4. The van der Waals surface area contributed by atoms with E-state index in [2.05, 4.69) is 28.1 Å². The van der Waals surface area contributed by atoms with Crippen molar-refractivity contribution in [2.75, 3.05) is 5.33 Å². The average Bonchev–Trinajstić information content (AvgIpc) is 2.96. The fourth-order valence-electron chi connectivity index (χ4n) is 3.91. The molecule has 0 aromatic heterocycles. The van der Waals surface area contributed by atoms with Gasteiger partial charge in [-0.2, -0.15) is 0 Å². The van der Waals surface area contributed by atoms with Gasteiger partial charge in [-0.25, -0.2) is 0 Å². The van der Waals surface area contributed by atoms with Crippen LogP contribution < -0.4 is 0 Å². The maximum atomic E-state index is 12.2. The predicted molar refractivity (Wildman–Crippen MR) is 156 cm³/mol. The van der Waals surface area contributed by atoms with Crippen molar-refractivity contribution in [3.05, 3.63) is 120 Å². The fraction of sp³-hybridized carbons (Fsp3) is 0.152. The highest BCUT2D eigenvalue weighted by Gasteiger charge is 2.23. The number of carbonyl (C=O) groups excluding carboxylic acids is 4. The Morgan fingerprint density at radius 3 is 1.21 bits per heavy atom. The molecule has 4 aromatic carbocycles. The molecule has 4 rings (SSSR count). The van der Waals surface area contributed by atoms with E-state index in [0.717, 1.165) is 22.3 Å². The summed E-state index contributed by atoms with van der Waals surface area (Å²) in [6.45, 7) is 2.69. The van der Waals surface area contributed by atoms with Crippen molar-refractivity contribution in [3.63, 3.8) is 0 Å². The maximum absolute atomic E-state index is 12.2. The smallest absolute Gasteiger partial charge is 0.173 e. The quantitative estimate of drug-likeness (QED) is 0.118. The number of rotatable bonds is 9. The van der Waals surface area contributed by atoms with Gasteiger partial charge in [0.2, 0.25) is 0 Å². The molecule has 0 atom stereocenters. The number of alkyl halides is 1. The van der Waals surface area contributed by atoms with Crippen LogP contribution in [-0.4, -0.2) is 28.5 Å². The van der Waals surface area contributed by atoms with E-state index in [1.165, 1.54) is 19.4 Å². The Labute approximate surface area is 231 Å². The van der Waals surface area contributed by atoms with Crippen molar-refractivity contribution < 1.29 is 19.2 Å². The van der Waals surface area contributed by atoms with Crippen molar-refractivity contribution in [2.45, 2.75) is 20.3 Å². The van der Waals surface area contributed by atoms with Crippen molar-refractivity contribution in [2.24, 2.45) is 5.92 Å². The van der Waals surface area contributed by atoms with Crippen LogP contribution in [0.25, 0.3) is 22.3 Å². The van der Waals surface area contributed by atoms with Crippen LogP contribution in [-0.2, 0) is 9.59 Å². The molecule has 0 radical (unpaired) electrons. The number of hydrogen-bond acceptors (Lipinski definition) is 4. The lowest BCUT2D eigenvalue weighted by atomic mass is 9.91. The largest absolute Gasteiger partial charge is 0.299 e. The Morgan fingerprint density at radius 1 is 0.526 bits per heavy atom. The zero-order valence-electron chi connectivity index (χ0n) is 21.4. The monoisotopic (exact) mass is 568 g/mol. The van der Waals surface area contributed by atoms with Gasteiger partial charge < -0.3 is 0 Å². The minimum Gasteiger partial charge on any atom is -0.299 e. The standard InChI is InChI=1S/C19H18O3.C14H11BrO/c1-13(20)18(14(2)21)12-19(22)17-10-8-16(9-11-17)15-6-4-3-5-7-15;15-10-14(16)13-8-6-12(7-9-13)11-4-2-1-3-5-11/h3-11,18H,12H2,1-2H3;1-9H,10H2. The zero-order chi connectivity index (χ0) is 27.5.